The van der Waals surface area contributed by atoms with Gasteiger partial charge in [0.1, 0.15) is 0 Å². The number of amides is 2. The van der Waals surface area contributed by atoms with Crippen LogP contribution in [-0.2, 0) is 19.6 Å². The lowest BCUT2D eigenvalue weighted by Crippen LogP contribution is -2.49. The molecule has 0 unspecified atom stereocenters. The number of hydrogen-bond acceptors (Lipinski definition) is 5. The van der Waals surface area contributed by atoms with E-state index in [4.69, 9.17) is 11.6 Å². The third-order valence-corrected chi connectivity index (χ3v) is 6.48. The third-order valence-electron chi connectivity index (χ3n) is 4.31. The summed E-state index contributed by atoms with van der Waals surface area (Å²) in [6.07, 6.45) is 1.32. The van der Waals surface area contributed by atoms with E-state index in [1.165, 1.54) is 16.4 Å². The Hall–Kier alpha value is -1.48. The minimum Gasteiger partial charge on any atom is -0.303 e. The second-order valence-electron chi connectivity index (χ2n) is 5.97. The maximum atomic E-state index is 12.6. The molecule has 2 fully saturated rings. The van der Waals surface area contributed by atoms with E-state index < -0.39 is 16.1 Å². The van der Waals surface area contributed by atoms with Crippen LogP contribution in [0.2, 0.25) is 5.02 Å². The monoisotopic (exact) mass is 371 g/mol. The number of halogens is 1. The van der Waals surface area contributed by atoms with Crippen molar-refractivity contribution in [2.75, 3.05) is 13.1 Å². The van der Waals surface area contributed by atoms with Crippen LogP contribution in [0, 0.1) is 0 Å². The average molecular weight is 372 g/mol. The Kier molecular flexibility index (Phi) is 4.91. The van der Waals surface area contributed by atoms with Gasteiger partial charge in [-0.2, -0.15) is 4.31 Å². The van der Waals surface area contributed by atoms with Gasteiger partial charge >= 0.3 is 0 Å². The largest absolute Gasteiger partial charge is 0.303 e. The molecule has 0 bridgehead atoms. The van der Waals surface area contributed by atoms with E-state index in [1.807, 2.05) is 0 Å². The van der Waals surface area contributed by atoms with E-state index in [0.29, 0.717) is 31.0 Å². The molecule has 0 radical (unpaired) electrons. The minimum absolute atomic E-state index is 0.0170. The Labute approximate surface area is 145 Å². The molecule has 7 nitrogen and oxygen atoms in total. The van der Waals surface area contributed by atoms with Gasteiger partial charge in [-0.25, -0.2) is 8.42 Å². The molecule has 2 saturated heterocycles. The summed E-state index contributed by atoms with van der Waals surface area (Å²) in [5.74, 6) is -0.587. The Morgan fingerprint density at radius 3 is 2.29 bits per heavy atom. The van der Waals surface area contributed by atoms with Crippen molar-refractivity contribution in [3.8, 4) is 0 Å². The highest BCUT2D eigenvalue weighted by Gasteiger charge is 2.34. The van der Waals surface area contributed by atoms with Gasteiger partial charge in [0.2, 0.25) is 21.8 Å². The van der Waals surface area contributed by atoms with E-state index >= 15 is 0 Å². The predicted molar refractivity (Wildman–Crippen MR) is 87.9 cm³/mol. The quantitative estimate of drug-likeness (QED) is 0.751. The maximum Gasteiger partial charge on any atom is 0.244 e. The van der Waals surface area contributed by atoms with Gasteiger partial charge in [0.05, 0.1) is 17.4 Å². The summed E-state index contributed by atoms with van der Waals surface area (Å²) in [6, 6.07) is 5.61. The van der Waals surface area contributed by atoms with Crippen molar-refractivity contribution in [3.05, 3.63) is 29.3 Å². The summed E-state index contributed by atoms with van der Waals surface area (Å²) in [6.45, 7) is 0.732. The van der Waals surface area contributed by atoms with Crippen LogP contribution < -0.4 is 10.6 Å². The van der Waals surface area contributed by atoms with Crippen LogP contribution in [0.15, 0.2) is 29.2 Å². The van der Waals surface area contributed by atoms with Gasteiger partial charge in [-0.1, -0.05) is 11.6 Å². The van der Waals surface area contributed by atoms with Gasteiger partial charge in [0.25, 0.3) is 0 Å². The number of benzene rings is 1. The number of imide groups is 1. The lowest BCUT2D eigenvalue weighted by molar-refractivity contribution is -0.125. The number of carbonyl (C=O) groups is 2. The Bertz CT molecular complexity index is 742. The van der Waals surface area contributed by atoms with E-state index in [0.717, 1.165) is 0 Å². The first-order chi connectivity index (χ1) is 11.4. The fourth-order valence-corrected chi connectivity index (χ4v) is 4.59. The minimum atomic E-state index is -3.54. The van der Waals surface area contributed by atoms with Crippen LogP contribution in [-0.4, -0.2) is 49.7 Å². The fourth-order valence-electron chi connectivity index (χ4n) is 2.99. The lowest BCUT2D eigenvalue weighted by atomic mass is 10.1. The molecule has 0 aromatic heterocycles. The van der Waals surface area contributed by atoms with Crippen LogP contribution >= 0.6 is 11.6 Å². The highest BCUT2D eigenvalue weighted by Crippen LogP contribution is 2.22. The molecule has 2 aliphatic rings. The van der Waals surface area contributed by atoms with Crippen LogP contribution in [0.1, 0.15) is 19.3 Å². The predicted octanol–water partition coefficient (Wildman–Crippen LogP) is 0.498. The average Bonchev–Trinajstić information content (AvgIpc) is 2.86. The summed E-state index contributed by atoms with van der Waals surface area (Å²) >= 11 is 5.80. The van der Waals surface area contributed by atoms with E-state index in [9.17, 15) is 18.0 Å². The molecule has 2 heterocycles. The summed E-state index contributed by atoms with van der Waals surface area (Å²) < 4.78 is 26.6. The molecule has 0 saturated carbocycles. The van der Waals surface area contributed by atoms with Gasteiger partial charge < -0.3 is 5.32 Å². The van der Waals surface area contributed by atoms with Crippen LogP contribution in [0.3, 0.4) is 0 Å². The number of piperidine rings is 1. The van der Waals surface area contributed by atoms with Crippen molar-refractivity contribution < 1.29 is 18.0 Å². The number of sulfonamides is 1. The van der Waals surface area contributed by atoms with Crippen LogP contribution in [0.5, 0.6) is 0 Å². The number of carbonyl (C=O) groups excluding carboxylic acids is 2. The second kappa shape index (κ2) is 6.79. The van der Waals surface area contributed by atoms with Gasteiger partial charge in [0.15, 0.2) is 0 Å². The molecule has 1 atom stereocenters. The van der Waals surface area contributed by atoms with Crippen LogP contribution in [0.4, 0.5) is 0 Å². The van der Waals surface area contributed by atoms with Crippen molar-refractivity contribution >= 4 is 33.4 Å². The molecule has 0 aliphatic carbocycles. The van der Waals surface area contributed by atoms with Crippen LogP contribution in [0.25, 0.3) is 0 Å². The van der Waals surface area contributed by atoms with E-state index in [-0.39, 0.29) is 29.2 Å². The van der Waals surface area contributed by atoms with Crippen molar-refractivity contribution in [2.24, 2.45) is 0 Å². The molecule has 0 spiro atoms. The Balaban J connectivity index is 1.59. The number of rotatable bonds is 4. The Morgan fingerprint density at radius 1 is 1.12 bits per heavy atom. The SMILES string of the molecule is O=C1C[C@@H](NC2CCN(S(=O)(=O)c3ccc(Cl)cc3)CC2)C(=O)N1. The van der Waals surface area contributed by atoms with Crippen molar-refractivity contribution in [2.45, 2.75) is 36.2 Å². The van der Waals surface area contributed by atoms with Crippen molar-refractivity contribution in [1.29, 1.82) is 0 Å². The first-order valence-corrected chi connectivity index (χ1v) is 9.53. The van der Waals surface area contributed by atoms with Gasteiger partial charge in [0, 0.05) is 24.2 Å². The first kappa shape index (κ1) is 17.3. The lowest BCUT2D eigenvalue weighted by Gasteiger charge is -2.32. The maximum absolute atomic E-state index is 12.6. The molecule has 1 aromatic carbocycles. The molecule has 2 aliphatic heterocycles. The molecule has 3 rings (SSSR count). The van der Waals surface area contributed by atoms with Crippen molar-refractivity contribution in [3.63, 3.8) is 0 Å². The second-order valence-corrected chi connectivity index (χ2v) is 8.34. The molecule has 1 aromatic rings. The topological polar surface area (TPSA) is 95.6 Å². The zero-order valence-corrected chi connectivity index (χ0v) is 14.4. The molecular formula is C15H18ClN3O4S. The van der Waals surface area contributed by atoms with E-state index in [2.05, 4.69) is 10.6 Å². The molecule has 2 amide bonds. The molecule has 24 heavy (non-hydrogen) atoms. The highest BCUT2D eigenvalue weighted by molar-refractivity contribution is 7.89. The number of nitrogens with zero attached hydrogens (tertiary/aromatic N) is 1. The fraction of sp³-hybridized carbons (Fsp3) is 0.467. The number of nitrogens with one attached hydrogen (secondary N) is 2. The highest BCUT2D eigenvalue weighted by atomic mass is 35.5. The zero-order chi connectivity index (χ0) is 17.3. The normalized spacial score (nSPS) is 23.5. The molecule has 9 heteroatoms. The molecular weight excluding hydrogens is 354 g/mol. The number of hydrogen-bond donors (Lipinski definition) is 2. The summed E-state index contributed by atoms with van der Waals surface area (Å²) in [5, 5.41) is 5.89. The Morgan fingerprint density at radius 2 is 1.75 bits per heavy atom. The summed E-state index contributed by atoms with van der Waals surface area (Å²) in [5.41, 5.74) is 0. The third kappa shape index (κ3) is 3.61. The molecule has 130 valence electrons. The molecule has 2 N–H and O–H groups in total. The summed E-state index contributed by atoms with van der Waals surface area (Å²) in [7, 11) is -3.54. The smallest absolute Gasteiger partial charge is 0.244 e. The van der Waals surface area contributed by atoms with Gasteiger partial charge in [-0.15, -0.1) is 0 Å². The van der Waals surface area contributed by atoms with Crippen molar-refractivity contribution in [1.82, 2.24) is 14.9 Å². The first-order valence-electron chi connectivity index (χ1n) is 7.72. The van der Waals surface area contributed by atoms with Gasteiger partial charge in [-0.05, 0) is 37.1 Å². The summed E-state index contributed by atoms with van der Waals surface area (Å²) in [4.78, 5) is 23.0. The van der Waals surface area contributed by atoms with E-state index in [1.54, 1.807) is 12.1 Å². The zero-order valence-electron chi connectivity index (χ0n) is 12.9. The van der Waals surface area contributed by atoms with Gasteiger partial charge in [-0.3, -0.25) is 14.9 Å². The standard InChI is InChI=1S/C15H18ClN3O4S/c16-10-1-3-12(4-2-10)24(22,23)19-7-5-11(6-8-19)17-13-9-14(20)18-15(13)21/h1-4,11,13,17H,5-9H2,(H,18,20,21)/t13-/m1/s1.